The van der Waals surface area contributed by atoms with E-state index in [9.17, 15) is 9.59 Å². The number of hydrogen-bond acceptors (Lipinski definition) is 6. The first-order chi connectivity index (χ1) is 15.6. The summed E-state index contributed by atoms with van der Waals surface area (Å²) in [6.07, 6.45) is 3.55. The lowest BCUT2D eigenvalue weighted by molar-refractivity contribution is 0.0925. The lowest BCUT2D eigenvalue weighted by Crippen LogP contribution is -2.37. The van der Waals surface area contributed by atoms with Gasteiger partial charge in [-0.05, 0) is 43.9 Å². The van der Waals surface area contributed by atoms with Gasteiger partial charge in [-0.2, -0.15) is 10.1 Å². The maximum atomic E-state index is 12.7. The number of rotatable bonds is 4. The second-order valence-corrected chi connectivity index (χ2v) is 8.22. The zero-order valence-electron chi connectivity index (χ0n) is 17.7. The first kappa shape index (κ1) is 20.1. The monoisotopic (exact) mass is 429 g/mol. The van der Waals surface area contributed by atoms with Crippen molar-refractivity contribution in [2.24, 2.45) is 0 Å². The van der Waals surface area contributed by atoms with Crippen LogP contribution in [-0.2, 0) is 0 Å². The second-order valence-electron chi connectivity index (χ2n) is 8.22. The molecule has 1 fully saturated rings. The van der Waals surface area contributed by atoms with Crippen LogP contribution < -0.4 is 10.9 Å². The highest BCUT2D eigenvalue weighted by Crippen LogP contribution is 2.34. The Morgan fingerprint density at radius 1 is 1.03 bits per heavy atom. The zero-order chi connectivity index (χ0) is 22.1. The Hall–Kier alpha value is -3.81. The van der Waals surface area contributed by atoms with E-state index in [-0.39, 0.29) is 23.4 Å². The van der Waals surface area contributed by atoms with Crippen LogP contribution in [0.15, 0.2) is 57.8 Å². The van der Waals surface area contributed by atoms with Gasteiger partial charge in [-0.1, -0.05) is 35.5 Å². The molecule has 0 unspecified atom stereocenters. The van der Waals surface area contributed by atoms with Crippen LogP contribution in [0.4, 0.5) is 0 Å². The molecule has 5 rings (SSSR count). The standard InChI is InChI=1S/C24H23N5O3/c1-14-25-22(29-32-14)16-6-8-17(9-7-16)23(30)26-18-12-10-15(11-13-18)21-19-4-2-3-5-20(19)24(31)28-27-21/h2-9,15,18H,10-13H2,1H3,(H,26,30)(H,28,31). The fourth-order valence-corrected chi connectivity index (χ4v) is 4.41. The molecule has 0 spiro atoms. The Kier molecular flexibility index (Phi) is 5.26. The number of benzene rings is 2. The minimum absolute atomic E-state index is 0.0862. The zero-order valence-corrected chi connectivity index (χ0v) is 17.7. The van der Waals surface area contributed by atoms with Crippen LogP contribution in [0.1, 0.15) is 53.5 Å². The highest BCUT2D eigenvalue weighted by molar-refractivity contribution is 5.94. The predicted molar refractivity (Wildman–Crippen MR) is 119 cm³/mol. The summed E-state index contributed by atoms with van der Waals surface area (Å²) in [5.41, 5.74) is 2.19. The van der Waals surface area contributed by atoms with Crippen LogP contribution in [0, 0.1) is 6.92 Å². The molecule has 4 aromatic rings. The SMILES string of the molecule is Cc1nc(-c2ccc(C(=O)NC3CCC(c4n[nH]c(=O)c5ccccc45)CC3)cc2)no1. The van der Waals surface area contributed by atoms with Crippen LogP contribution in [-0.4, -0.2) is 32.3 Å². The Bertz CT molecular complexity index is 1320. The number of carbonyl (C=O) groups excluding carboxylic acids is 1. The maximum Gasteiger partial charge on any atom is 0.272 e. The molecule has 1 aliphatic rings. The summed E-state index contributed by atoms with van der Waals surface area (Å²) < 4.78 is 5.00. The lowest BCUT2D eigenvalue weighted by atomic mass is 9.82. The van der Waals surface area contributed by atoms with E-state index in [4.69, 9.17) is 4.52 Å². The highest BCUT2D eigenvalue weighted by atomic mass is 16.5. The number of fused-ring (bicyclic) bond motifs is 1. The number of nitrogens with one attached hydrogen (secondary N) is 2. The van der Waals surface area contributed by atoms with Crippen molar-refractivity contribution in [3.05, 3.63) is 76.0 Å². The van der Waals surface area contributed by atoms with Crippen molar-refractivity contribution in [1.82, 2.24) is 25.7 Å². The van der Waals surface area contributed by atoms with E-state index in [1.54, 1.807) is 19.1 Å². The maximum absolute atomic E-state index is 12.7. The number of aromatic nitrogens is 4. The number of aromatic amines is 1. The normalized spacial score (nSPS) is 18.5. The van der Waals surface area contributed by atoms with Gasteiger partial charge in [0.2, 0.25) is 11.7 Å². The summed E-state index contributed by atoms with van der Waals surface area (Å²) in [7, 11) is 0. The van der Waals surface area contributed by atoms with Crippen molar-refractivity contribution < 1.29 is 9.32 Å². The fraction of sp³-hybridized carbons (Fsp3) is 0.292. The number of carbonyl (C=O) groups is 1. The third-order valence-corrected chi connectivity index (χ3v) is 6.11. The van der Waals surface area contributed by atoms with Crippen LogP contribution in [0.25, 0.3) is 22.2 Å². The van der Waals surface area contributed by atoms with Crippen molar-refractivity contribution in [3.63, 3.8) is 0 Å². The van der Waals surface area contributed by atoms with E-state index in [0.717, 1.165) is 42.3 Å². The number of hydrogen-bond donors (Lipinski definition) is 2. The largest absolute Gasteiger partial charge is 0.349 e. The first-order valence-electron chi connectivity index (χ1n) is 10.8. The molecule has 2 N–H and O–H groups in total. The summed E-state index contributed by atoms with van der Waals surface area (Å²) in [4.78, 5) is 29.0. The Morgan fingerprint density at radius 3 is 2.44 bits per heavy atom. The van der Waals surface area contributed by atoms with Gasteiger partial charge < -0.3 is 9.84 Å². The summed E-state index contributed by atoms with van der Waals surface area (Å²) in [5, 5.41) is 15.6. The third-order valence-electron chi connectivity index (χ3n) is 6.11. The molecule has 2 aromatic heterocycles. The average Bonchev–Trinajstić information content (AvgIpc) is 3.26. The van der Waals surface area contributed by atoms with Crippen molar-refractivity contribution >= 4 is 16.7 Å². The quantitative estimate of drug-likeness (QED) is 0.511. The van der Waals surface area contributed by atoms with Crippen molar-refractivity contribution in [2.75, 3.05) is 0 Å². The van der Waals surface area contributed by atoms with Gasteiger partial charge >= 0.3 is 0 Å². The molecular weight excluding hydrogens is 406 g/mol. The Morgan fingerprint density at radius 2 is 1.75 bits per heavy atom. The van der Waals surface area contributed by atoms with Crippen molar-refractivity contribution in [3.8, 4) is 11.4 Å². The van der Waals surface area contributed by atoms with Gasteiger partial charge in [0.15, 0.2) is 0 Å². The molecule has 0 bridgehead atoms. The predicted octanol–water partition coefficient (Wildman–Crippen LogP) is 3.74. The summed E-state index contributed by atoms with van der Waals surface area (Å²) in [5.74, 6) is 1.19. The molecule has 1 amide bonds. The highest BCUT2D eigenvalue weighted by Gasteiger charge is 2.26. The van der Waals surface area contributed by atoms with Crippen molar-refractivity contribution in [2.45, 2.75) is 44.6 Å². The van der Waals surface area contributed by atoms with Crippen LogP contribution >= 0.6 is 0 Å². The smallest absolute Gasteiger partial charge is 0.272 e. The van der Waals surface area contributed by atoms with Crippen molar-refractivity contribution in [1.29, 1.82) is 0 Å². The van der Waals surface area contributed by atoms with Gasteiger partial charge in [-0.25, -0.2) is 5.10 Å². The van der Waals surface area contributed by atoms with Gasteiger partial charge in [0.25, 0.3) is 11.5 Å². The minimum Gasteiger partial charge on any atom is -0.349 e. The molecule has 32 heavy (non-hydrogen) atoms. The van der Waals surface area contributed by atoms with Gasteiger partial charge in [0, 0.05) is 35.4 Å². The van der Waals surface area contributed by atoms with E-state index in [1.165, 1.54) is 0 Å². The molecule has 1 saturated carbocycles. The molecule has 0 saturated heterocycles. The van der Waals surface area contributed by atoms with E-state index in [2.05, 4.69) is 25.7 Å². The van der Waals surface area contributed by atoms with Gasteiger partial charge in [0.1, 0.15) is 0 Å². The number of amides is 1. The van der Waals surface area contributed by atoms with Gasteiger partial charge in [-0.15, -0.1) is 0 Å². The molecule has 0 atom stereocenters. The topological polar surface area (TPSA) is 114 Å². The minimum atomic E-state index is -0.161. The van der Waals surface area contributed by atoms with Gasteiger partial charge in [0.05, 0.1) is 11.1 Å². The molecule has 0 radical (unpaired) electrons. The first-order valence-corrected chi connectivity index (χ1v) is 10.8. The number of nitrogens with zero attached hydrogens (tertiary/aromatic N) is 3. The molecule has 1 aliphatic carbocycles. The van der Waals surface area contributed by atoms with Crippen LogP contribution in [0.2, 0.25) is 0 Å². The van der Waals surface area contributed by atoms with E-state index >= 15 is 0 Å². The van der Waals surface area contributed by atoms with E-state index < -0.39 is 0 Å². The molecule has 2 heterocycles. The van der Waals surface area contributed by atoms with Crippen LogP contribution in [0.3, 0.4) is 0 Å². The molecule has 8 nitrogen and oxygen atoms in total. The summed E-state index contributed by atoms with van der Waals surface area (Å²) in [6, 6.07) is 14.9. The summed E-state index contributed by atoms with van der Waals surface area (Å²) >= 11 is 0. The average molecular weight is 429 g/mol. The Balaban J connectivity index is 1.22. The lowest BCUT2D eigenvalue weighted by Gasteiger charge is -2.29. The molecule has 0 aliphatic heterocycles. The number of H-pyrrole nitrogens is 1. The fourth-order valence-electron chi connectivity index (χ4n) is 4.41. The number of aryl methyl sites for hydroxylation is 1. The van der Waals surface area contributed by atoms with Gasteiger partial charge in [-0.3, -0.25) is 9.59 Å². The molecule has 2 aromatic carbocycles. The third kappa shape index (κ3) is 3.91. The molecule has 8 heteroatoms. The van der Waals surface area contributed by atoms with E-state index in [0.29, 0.717) is 22.7 Å². The summed E-state index contributed by atoms with van der Waals surface area (Å²) in [6.45, 7) is 1.74. The Labute approximate surface area is 184 Å². The molecule has 162 valence electrons. The van der Waals surface area contributed by atoms with E-state index in [1.807, 2.05) is 36.4 Å². The second kappa shape index (κ2) is 8.37. The molecular formula is C24H23N5O3. The van der Waals surface area contributed by atoms with Crippen LogP contribution in [0.5, 0.6) is 0 Å².